The molecule has 130 valence electrons. The van der Waals surface area contributed by atoms with Gasteiger partial charge in [0.2, 0.25) is 0 Å². The average Bonchev–Trinajstić information content (AvgIpc) is 2.70. The van der Waals surface area contributed by atoms with Crippen LogP contribution in [0.5, 0.6) is 5.06 Å². The van der Waals surface area contributed by atoms with E-state index in [9.17, 15) is 4.39 Å². The Kier molecular flexibility index (Phi) is 4.49. The average molecular weight is 397 g/mol. The first kappa shape index (κ1) is 16.9. The molecular weight excluding hydrogens is 383 g/mol. The van der Waals surface area contributed by atoms with Crippen LogP contribution in [0.25, 0.3) is 0 Å². The highest BCUT2D eigenvalue weighted by molar-refractivity contribution is 7.80. The Bertz CT molecular complexity index is 877. The van der Waals surface area contributed by atoms with E-state index in [0.717, 1.165) is 21.2 Å². The molecule has 0 radical (unpaired) electrons. The van der Waals surface area contributed by atoms with Crippen LogP contribution in [0.2, 0.25) is 5.02 Å². The Morgan fingerprint density at radius 3 is 3.00 bits per heavy atom. The number of nitrogens with one attached hydrogen (secondary N) is 1. The third kappa shape index (κ3) is 2.95. The summed E-state index contributed by atoms with van der Waals surface area (Å²) >= 11 is 13.2. The molecule has 0 fully saturated rings. The fourth-order valence-electron chi connectivity index (χ4n) is 2.84. The molecule has 0 unspecified atom stereocenters. The molecule has 1 atom stereocenters. The van der Waals surface area contributed by atoms with E-state index in [1.54, 1.807) is 12.1 Å². The molecule has 1 aromatic carbocycles. The molecule has 0 amide bonds. The van der Waals surface area contributed by atoms with E-state index in [2.05, 4.69) is 10.3 Å². The minimum Gasteiger partial charge on any atom is -0.481 e. The summed E-state index contributed by atoms with van der Waals surface area (Å²) in [5.74, 6) is -0.423. The summed E-state index contributed by atoms with van der Waals surface area (Å²) in [4.78, 5) is 5.26. The van der Waals surface area contributed by atoms with Gasteiger partial charge in [-0.1, -0.05) is 41.2 Å². The largest absolute Gasteiger partial charge is 0.481 e. The molecule has 8 heteroatoms. The second-order valence-corrected chi connectivity index (χ2v) is 7.54. The summed E-state index contributed by atoms with van der Waals surface area (Å²) in [5.41, 5.74) is 2.35. The van der Waals surface area contributed by atoms with E-state index in [1.807, 2.05) is 6.92 Å². The number of benzene rings is 1. The number of hydrogen-bond acceptors (Lipinski definition) is 5. The highest BCUT2D eigenvalue weighted by Crippen LogP contribution is 2.44. The summed E-state index contributed by atoms with van der Waals surface area (Å²) in [6.45, 7) is 3.22. The number of nitrogens with zero attached hydrogens (tertiary/aromatic N) is 1. The molecule has 2 aliphatic heterocycles. The zero-order chi connectivity index (χ0) is 17.6. The van der Waals surface area contributed by atoms with Crippen molar-refractivity contribution in [2.75, 3.05) is 18.5 Å². The van der Waals surface area contributed by atoms with Crippen molar-refractivity contribution in [2.24, 2.45) is 4.99 Å². The molecule has 0 spiro atoms. The number of thiophene rings is 1. The topological polar surface area (TPSA) is 42.9 Å². The van der Waals surface area contributed by atoms with E-state index in [-0.39, 0.29) is 11.6 Å². The first-order chi connectivity index (χ1) is 12.1. The fourth-order valence-corrected chi connectivity index (χ4v) is 4.41. The number of aliphatic imine (C=N–C) groups is 1. The van der Waals surface area contributed by atoms with Crippen molar-refractivity contribution in [1.29, 1.82) is 0 Å². The van der Waals surface area contributed by atoms with E-state index in [4.69, 9.17) is 33.3 Å². The lowest BCUT2D eigenvalue weighted by Gasteiger charge is -2.12. The van der Waals surface area contributed by atoms with Crippen molar-refractivity contribution in [2.45, 2.75) is 19.6 Å². The highest BCUT2D eigenvalue weighted by atomic mass is 35.5. The molecule has 4 rings (SSSR count). The van der Waals surface area contributed by atoms with Gasteiger partial charge in [-0.3, -0.25) is 4.99 Å². The van der Waals surface area contributed by atoms with Gasteiger partial charge < -0.3 is 14.8 Å². The molecule has 0 saturated heterocycles. The van der Waals surface area contributed by atoms with Crippen LogP contribution >= 0.6 is 35.2 Å². The van der Waals surface area contributed by atoms with Crippen molar-refractivity contribution < 1.29 is 13.9 Å². The van der Waals surface area contributed by atoms with Crippen LogP contribution < -0.4 is 10.1 Å². The van der Waals surface area contributed by atoms with Crippen molar-refractivity contribution in [3.05, 3.63) is 45.7 Å². The molecule has 4 nitrogen and oxygen atoms in total. The van der Waals surface area contributed by atoms with Crippen LogP contribution in [0, 0.1) is 5.82 Å². The number of ether oxygens (including phenoxy) is 2. The maximum atomic E-state index is 14.6. The van der Waals surface area contributed by atoms with Crippen molar-refractivity contribution in [1.82, 2.24) is 0 Å². The minimum atomic E-state index is -0.423. The monoisotopic (exact) mass is 396 g/mol. The third-order valence-electron chi connectivity index (χ3n) is 4.05. The summed E-state index contributed by atoms with van der Waals surface area (Å²) in [6, 6.07) is 4.31. The molecule has 0 aliphatic carbocycles. The summed E-state index contributed by atoms with van der Waals surface area (Å²) < 4.78 is 26.0. The minimum absolute atomic E-state index is 0.272. The zero-order valence-electron chi connectivity index (χ0n) is 13.3. The van der Waals surface area contributed by atoms with Crippen LogP contribution in [0.1, 0.15) is 23.6 Å². The van der Waals surface area contributed by atoms with Gasteiger partial charge in [-0.15, -0.1) is 0 Å². The number of hydrogen-bond donors (Lipinski definition) is 1. The van der Waals surface area contributed by atoms with Gasteiger partial charge in [0.1, 0.15) is 22.4 Å². The Morgan fingerprint density at radius 2 is 2.20 bits per heavy atom. The van der Waals surface area contributed by atoms with E-state index in [1.165, 1.54) is 17.4 Å². The van der Waals surface area contributed by atoms with Crippen molar-refractivity contribution >= 4 is 50.9 Å². The number of anilines is 1. The fraction of sp³-hybridized carbons (Fsp3) is 0.294. The Balaban J connectivity index is 1.99. The number of halogens is 2. The van der Waals surface area contributed by atoms with Crippen LogP contribution in [-0.4, -0.2) is 30.0 Å². The first-order valence-electron chi connectivity index (χ1n) is 7.76. The predicted octanol–water partition coefficient (Wildman–Crippen LogP) is 4.43. The normalized spacial score (nSPS) is 19.7. The summed E-state index contributed by atoms with van der Waals surface area (Å²) in [5, 5.41) is 5.05. The summed E-state index contributed by atoms with van der Waals surface area (Å²) in [7, 11) is 0. The van der Waals surface area contributed by atoms with E-state index >= 15 is 0 Å². The maximum Gasteiger partial charge on any atom is 0.182 e. The Morgan fingerprint density at radius 1 is 1.36 bits per heavy atom. The van der Waals surface area contributed by atoms with Crippen molar-refractivity contribution in [3.63, 3.8) is 0 Å². The molecule has 2 aliphatic rings. The Hall–Kier alpha value is -1.54. The van der Waals surface area contributed by atoms with Gasteiger partial charge >= 0.3 is 0 Å². The third-order valence-corrected chi connectivity index (χ3v) is 5.87. The molecule has 2 aromatic rings. The van der Waals surface area contributed by atoms with Gasteiger partial charge in [0, 0.05) is 11.1 Å². The smallest absolute Gasteiger partial charge is 0.182 e. The quantitative estimate of drug-likeness (QED) is 0.724. The van der Waals surface area contributed by atoms with Crippen molar-refractivity contribution in [3.8, 4) is 5.06 Å². The lowest BCUT2D eigenvalue weighted by atomic mass is 9.99. The molecule has 3 heterocycles. The first-order valence-corrected chi connectivity index (χ1v) is 9.36. The van der Waals surface area contributed by atoms with Gasteiger partial charge in [0.15, 0.2) is 5.06 Å². The van der Waals surface area contributed by atoms with Gasteiger partial charge in [0.25, 0.3) is 0 Å². The lowest BCUT2D eigenvalue weighted by Crippen LogP contribution is -2.19. The molecular formula is C17H14ClFN2O2S2. The second kappa shape index (κ2) is 6.64. The van der Waals surface area contributed by atoms with Crippen LogP contribution in [-0.2, 0) is 11.3 Å². The van der Waals surface area contributed by atoms with Gasteiger partial charge in [-0.2, -0.15) is 0 Å². The van der Waals surface area contributed by atoms with Crippen LogP contribution in [0.15, 0.2) is 23.2 Å². The zero-order valence-corrected chi connectivity index (χ0v) is 15.7. The highest BCUT2D eigenvalue weighted by Gasteiger charge is 2.31. The maximum absolute atomic E-state index is 14.6. The number of rotatable bonds is 1. The van der Waals surface area contributed by atoms with Gasteiger partial charge in [-0.25, -0.2) is 4.39 Å². The number of fused-ring (bicyclic) bond motifs is 3. The SMILES string of the molecule is C[C@@H]1N=C(c2c(F)cccc2Cl)c2c(sc3c2COCCO3)NC1=S. The molecule has 25 heavy (non-hydrogen) atoms. The molecule has 0 bridgehead atoms. The molecule has 1 N–H and O–H groups in total. The molecule has 1 aromatic heterocycles. The standard InChI is InChI=1S/C17H14ClFN2O2S2/c1-8-15(24)21-16-12(9-7-22-5-6-23-17(9)25-16)14(20-8)13-10(18)3-2-4-11(13)19/h2-4,8H,5-7H2,1H3,(H,21,24)/t8-/m0/s1. The van der Waals surface area contributed by atoms with Gasteiger partial charge in [0.05, 0.1) is 35.6 Å². The number of thiocarbonyl (C=S) groups is 1. The lowest BCUT2D eigenvalue weighted by molar-refractivity contribution is 0.107. The van der Waals surface area contributed by atoms with Gasteiger partial charge in [-0.05, 0) is 19.1 Å². The summed E-state index contributed by atoms with van der Waals surface area (Å²) in [6.07, 6.45) is 0. The van der Waals surface area contributed by atoms with E-state index < -0.39 is 5.82 Å². The Labute approximate surface area is 158 Å². The second-order valence-electron chi connectivity index (χ2n) is 5.71. The molecule has 0 saturated carbocycles. The van der Waals surface area contributed by atoms with Crippen LogP contribution in [0.3, 0.4) is 0 Å². The van der Waals surface area contributed by atoms with Crippen LogP contribution in [0.4, 0.5) is 9.39 Å². The van der Waals surface area contributed by atoms with E-state index in [0.29, 0.717) is 35.5 Å². The predicted molar refractivity (Wildman–Crippen MR) is 102 cm³/mol.